The summed E-state index contributed by atoms with van der Waals surface area (Å²) in [5.41, 5.74) is 3.04. The van der Waals surface area contributed by atoms with Crippen LogP contribution in [-0.4, -0.2) is 29.6 Å². The number of hydrogen-bond donors (Lipinski definition) is 0. The number of benzene rings is 1. The lowest BCUT2D eigenvalue weighted by Gasteiger charge is -2.30. The van der Waals surface area contributed by atoms with Gasteiger partial charge < -0.3 is 9.47 Å². The van der Waals surface area contributed by atoms with Gasteiger partial charge in [0.15, 0.2) is 0 Å². The highest BCUT2D eigenvalue weighted by Crippen LogP contribution is 2.30. The summed E-state index contributed by atoms with van der Waals surface area (Å²) in [7, 11) is 2.22. The summed E-state index contributed by atoms with van der Waals surface area (Å²) in [5.74, 6) is 0. The van der Waals surface area contributed by atoms with Crippen molar-refractivity contribution in [2.45, 2.75) is 45.1 Å². The average Bonchev–Trinajstić information content (AvgIpc) is 2.81. The maximum Gasteiger partial charge on any atom is 0.0483 e. The van der Waals surface area contributed by atoms with Crippen molar-refractivity contribution in [3.05, 3.63) is 36.0 Å². The van der Waals surface area contributed by atoms with E-state index in [1.807, 2.05) is 0 Å². The molecular weight excluding hydrogens is 244 g/mol. The molecule has 0 atom stereocenters. The Morgan fingerprint density at radius 3 is 2.40 bits per heavy atom. The van der Waals surface area contributed by atoms with Crippen LogP contribution in [0.15, 0.2) is 30.5 Å². The standard InChI is InChI=1S/C18H26N2/c1-18(2,3)15-5-6-17-14(13-15)7-12-20(17)16-8-10-19(4)11-9-16/h5-7,12-13,16H,8-11H2,1-4H3. The topological polar surface area (TPSA) is 8.17 Å². The second-order valence-corrected chi connectivity index (χ2v) is 7.28. The second kappa shape index (κ2) is 4.92. The van der Waals surface area contributed by atoms with E-state index < -0.39 is 0 Å². The number of piperidine rings is 1. The summed E-state index contributed by atoms with van der Waals surface area (Å²) in [5, 5.41) is 1.39. The van der Waals surface area contributed by atoms with Gasteiger partial charge in [0.05, 0.1) is 0 Å². The molecule has 0 radical (unpaired) electrons. The number of hydrogen-bond acceptors (Lipinski definition) is 1. The summed E-state index contributed by atoms with van der Waals surface area (Å²) in [6.07, 6.45) is 4.82. The second-order valence-electron chi connectivity index (χ2n) is 7.28. The van der Waals surface area contributed by atoms with Crippen LogP contribution in [0.2, 0.25) is 0 Å². The third kappa shape index (κ3) is 2.49. The average molecular weight is 270 g/mol. The Morgan fingerprint density at radius 1 is 1.05 bits per heavy atom. The molecule has 0 spiro atoms. The summed E-state index contributed by atoms with van der Waals surface area (Å²) in [6, 6.07) is 9.93. The van der Waals surface area contributed by atoms with Crippen molar-refractivity contribution in [2.75, 3.05) is 20.1 Å². The molecule has 0 unspecified atom stereocenters. The number of aromatic nitrogens is 1. The molecule has 2 heterocycles. The minimum atomic E-state index is 0.226. The first kappa shape index (κ1) is 13.7. The van der Waals surface area contributed by atoms with E-state index >= 15 is 0 Å². The molecule has 20 heavy (non-hydrogen) atoms. The van der Waals surface area contributed by atoms with E-state index in [1.165, 1.54) is 42.4 Å². The zero-order chi connectivity index (χ0) is 14.3. The lowest BCUT2D eigenvalue weighted by atomic mass is 9.86. The molecular formula is C18H26N2. The number of fused-ring (bicyclic) bond motifs is 1. The van der Waals surface area contributed by atoms with Gasteiger partial charge in [-0.2, -0.15) is 0 Å². The van der Waals surface area contributed by atoms with Gasteiger partial charge in [-0.25, -0.2) is 0 Å². The highest BCUT2D eigenvalue weighted by Gasteiger charge is 2.20. The zero-order valence-corrected chi connectivity index (χ0v) is 13.2. The van der Waals surface area contributed by atoms with Crippen LogP contribution < -0.4 is 0 Å². The SMILES string of the molecule is CN1CCC(n2ccc3cc(C(C)(C)C)ccc32)CC1. The molecule has 1 fully saturated rings. The van der Waals surface area contributed by atoms with Crippen LogP contribution in [0, 0.1) is 0 Å². The molecule has 1 aliphatic heterocycles. The fourth-order valence-electron chi connectivity index (χ4n) is 3.22. The molecule has 2 nitrogen and oxygen atoms in total. The van der Waals surface area contributed by atoms with Gasteiger partial charge in [0.2, 0.25) is 0 Å². The van der Waals surface area contributed by atoms with Crippen molar-refractivity contribution in [2.24, 2.45) is 0 Å². The Balaban J connectivity index is 1.94. The van der Waals surface area contributed by atoms with E-state index in [9.17, 15) is 0 Å². The first-order valence-electron chi connectivity index (χ1n) is 7.75. The van der Waals surface area contributed by atoms with E-state index in [-0.39, 0.29) is 5.41 Å². The minimum Gasteiger partial charge on any atom is -0.344 e. The Bertz CT molecular complexity index is 595. The van der Waals surface area contributed by atoms with Gasteiger partial charge in [-0.3, -0.25) is 0 Å². The van der Waals surface area contributed by atoms with Crippen molar-refractivity contribution in [3.8, 4) is 0 Å². The molecule has 0 aliphatic carbocycles. The van der Waals surface area contributed by atoms with Crippen molar-refractivity contribution in [3.63, 3.8) is 0 Å². The monoisotopic (exact) mass is 270 g/mol. The molecule has 108 valence electrons. The van der Waals surface area contributed by atoms with Crippen molar-refractivity contribution >= 4 is 10.9 Å². The maximum absolute atomic E-state index is 2.49. The molecule has 1 aliphatic rings. The molecule has 0 bridgehead atoms. The smallest absolute Gasteiger partial charge is 0.0483 e. The highest BCUT2D eigenvalue weighted by molar-refractivity contribution is 5.81. The summed E-state index contributed by atoms with van der Waals surface area (Å²) in [4.78, 5) is 2.43. The zero-order valence-electron chi connectivity index (χ0n) is 13.2. The third-order valence-corrected chi connectivity index (χ3v) is 4.67. The van der Waals surface area contributed by atoms with E-state index in [2.05, 4.69) is 67.7 Å². The Labute approximate surface area is 122 Å². The highest BCUT2D eigenvalue weighted by atomic mass is 15.1. The van der Waals surface area contributed by atoms with Crippen LogP contribution in [0.4, 0.5) is 0 Å². The van der Waals surface area contributed by atoms with Crippen LogP contribution in [0.5, 0.6) is 0 Å². The predicted octanol–water partition coefficient (Wildman–Crippen LogP) is 4.21. The van der Waals surface area contributed by atoms with Gasteiger partial charge in [0.1, 0.15) is 0 Å². The largest absolute Gasteiger partial charge is 0.344 e. The molecule has 1 aromatic carbocycles. The van der Waals surface area contributed by atoms with Crippen LogP contribution in [-0.2, 0) is 5.41 Å². The third-order valence-electron chi connectivity index (χ3n) is 4.67. The van der Waals surface area contributed by atoms with Gasteiger partial charge in [-0.15, -0.1) is 0 Å². The van der Waals surface area contributed by atoms with Crippen LogP contribution in [0.1, 0.15) is 45.2 Å². The number of rotatable bonds is 1. The fourth-order valence-corrected chi connectivity index (χ4v) is 3.22. The maximum atomic E-state index is 2.49. The lowest BCUT2D eigenvalue weighted by molar-refractivity contribution is 0.224. The number of nitrogens with zero attached hydrogens (tertiary/aromatic N) is 2. The first-order chi connectivity index (χ1) is 9.45. The van der Waals surface area contributed by atoms with E-state index in [0.29, 0.717) is 6.04 Å². The van der Waals surface area contributed by atoms with Crippen LogP contribution in [0.25, 0.3) is 10.9 Å². The molecule has 0 saturated carbocycles. The molecule has 2 aromatic rings. The van der Waals surface area contributed by atoms with Crippen LogP contribution >= 0.6 is 0 Å². The summed E-state index contributed by atoms with van der Waals surface area (Å²) < 4.78 is 2.49. The molecule has 0 N–H and O–H groups in total. The Morgan fingerprint density at radius 2 is 1.75 bits per heavy atom. The minimum absolute atomic E-state index is 0.226. The molecule has 2 heteroatoms. The van der Waals surface area contributed by atoms with Crippen molar-refractivity contribution < 1.29 is 0 Å². The van der Waals surface area contributed by atoms with Gasteiger partial charge in [0.25, 0.3) is 0 Å². The molecule has 1 aromatic heterocycles. The quantitative estimate of drug-likeness (QED) is 0.754. The summed E-state index contributed by atoms with van der Waals surface area (Å²) in [6.45, 7) is 9.27. The molecule has 0 amide bonds. The van der Waals surface area contributed by atoms with Crippen molar-refractivity contribution in [1.82, 2.24) is 9.47 Å². The number of likely N-dealkylation sites (tertiary alicyclic amines) is 1. The predicted molar refractivity (Wildman–Crippen MR) is 86.4 cm³/mol. The van der Waals surface area contributed by atoms with E-state index in [0.717, 1.165) is 0 Å². The van der Waals surface area contributed by atoms with Crippen molar-refractivity contribution in [1.29, 1.82) is 0 Å². The Hall–Kier alpha value is -1.28. The summed E-state index contributed by atoms with van der Waals surface area (Å²) >= 11 is 0. The normalized spacial score (nSPS) is 18.8. The van der Waals surface area contributed by atoms with Crippen LogP contribution in [0.3, 0.4) is 0 Å². The lowest BCUT2D eigenvalue weighted by Crippen LogP contribution is -2.31. The molecule has 1 saturated heterocycles. The van der Waals surface area contributed by atoms with Gasteiger partial charge in [-0.05, 0) is 67.5 Å². The van der Waals surface area contributed by atoms with E-state index in [1.54, 1.807) is 0 Å². The van der Waals surface area contributed by atoms with Gasteiger partial charge in [0, 0.05) is 17.8 Å². The van der Waals surface area contributed by atoms with Gasteiger partial charge >= 0.3 is 0 Å². The van der Waals surface area contributed by atoms with Gasteiger partial charge in [-0.1, -0.05) is 26.8 Å². The Kier molecular flexibility index (Phi) is 3.37. The molecule has 3 rings (SSSR count). The van der Waals surface area contributed by atoms with E-state index in [4.69, 9.17) is 0 Å². The first-order valence-corrected chi connectivity index (χ1v) is 7.75. The fraction of sp³-hybridized carbons (Fsp3) is 0.556.